The van der Waals surface area contributed by atoms with Crippen LogP contribution < -0.4 is 0 Å². The Morgan fingerprint density at radius 2 is 1.61 bits per heavy atom. The van der Waals surface area contributed by atoms with Gasteiger partial charge < -0.3 is 9.47 Å². The van der Waals surface area contributed by atoms with E-state index in [2.05, 4.69) is 48.7 Å². The van der Waals surface area contributed by atoms with Crippen LogP contribution in [0.1, 0.15) is 41.2 Å². The van der Waals surface area contributed by atoms with Gasteiger partial charge in [-0.05, 0) is 42.7 Å². The second-order valence-electron chi connectivity index (χ2n) is 8.53. The summed E-state index contributed by atoms with van der Waals surface area (Å²) in [6, 6.07) is 26.4. The number of carbonyl (C=O) groups is 1. The highest BCUT2D eigenvalue weighted by Crippen LogP contribution is 2.21. The first kappa shape index (κ1) is 20.9. The summed E-state index contributed by atoms with van der Waals surface area (Å²) in [5, 5.41) is 0. The third-order valence-electron chi connectivity index (χ3n) is 5.42. The molecule has 4 nitrogen and oxygen atoms in total. The first-order valence-electron chi connectivity index (χ1n) is 10.9. The van der Waals surface area contributed by atoms with Gasteiger partial charge in [0, 0.05) is 18.7 Å². The Balaban J connectivity index is 1.70. The van der Waals surface area contributed by atoms with E-state index in [-0.39, 0.29) is 5.91 Å². The molecule has 1 aromatic heterocycles. The van der Waals surface area contributed by atoms with E-state index < -0.39 is 0 Å². The van der Waals surface area contributed by atoms with Gasteiger partial charge in [-0.25, -0.2) is 4.98 Å². The van der Waals surface area contributed by atoms with Crippen molar-refractivity contribution in [2.45, 2.75) is 33.9 Å². The van der Waals surface area contributed by atoms with Gasteiger partial charge in [0.05, 0.1) is 17.6 Å². The van der Waals surface area contributed by atoms with Crippen molar-refractivity contribution >= 4 is 16.9 Å². The summed E-state index contributed by atoms with van der Waals surface area (Å²) >= 11 is 0. The van der Waals surface area contributed by atoms with Crippen LogP contribution >= 0.6 is 0 Å². The van der Waals surface area contributed by atoms with E-state index in [1.54, 1.807) is 0 Å². The van der Waals surface area contributed by atoms with Gasteiger partial charge in [-0.1, -0.05) is 74.0 Å². The molecule has 0 unspecified atom stereocenters. The van der Waals surface area contributed by atoms with Crippen molar-refractivity contribution in [3.63, 3.8) is 0 Å². The molecule has 31 heavy (non-hydrogen) atoms. The molecule has 4 aromatic rings. The first-order chi connectivity index (χ1) is 15.0. The molecule has 1 heterocycles. The molecule has 0 aliphatic carbocycles. The number of para-hydroxylation sites is 2. The fraction of sp³-hybridized carbons (Fsp3) is 0.259. The summed E-state index contributed by atoms with van der Waals surface area (Å²) < 4.78 is 2.24. The molecule has 0 spiro atoms. The second kappa shape index (κ2) is 9.17. The van der Waals surface area contributed by atoms with Gasteiger partial charge in [0.1, 0.15) is 5.82 Å². The lowest BCUT2D eigenvalue weighted by molar-refractivity contribution is 0.0716. The van der Waals surface area contributed by atoms with Crippen molar-refractivity contribution in [1.82, 2.24) is 14.5 Å². The lowest BCUT2D eigenvalue weighted by atomic mass is 10.1. The van der Waals surface area contributed by atoms with Crippen molar-refractivity contribution in [2.24, 2.45) is 5.92 Å². The largest absolute Gasteiger partial charge is 0.331 e. The highest BCUT2D eigenvalue weighted by atomic mass is 16.2. The van der Waals surface area contributed by atoms with Crippen LogP contribution in [0.4, 0.5) is 0 Å². The number of imidazole rings is 1. The van der Waals surface area contributed by atoms with Crippen LogP contribution in [0.25, 0.3) is 11.0 Å². The normalized spacial score (nSPS) is 11.2. The van der Waals surface area contributed by atoms with E-state index >= 15 is 0 Å². The molecular weight excluding hydrogens is 382 g/mol. The third-order valence-corrected chi connectivity index (χ3v) is 5.42. The highest BCUT2D eigenvalue weighted by Gasteiger charge is 2.21. The number of fused-ring (bicyclic) bond motifs is 1. The number of aromatic nitrogens is 2. The van der Waals surface area contributed by atoms with Crippen LogP contribution in [0, 0.1) is 12.8 Å². The molecule has 0 fully saturated rings. The zero-order valence-corrected chi connectivity index (χ0v) is 18.5. The zero-order valence-electron chi connectivity index (χ0n) is 18.5. The number of rotatable bonds is 7. The summed E-state index contributed by atoms with van der Waals surface area (Å²) in [7, 11) is 0. The molecule has 4 rings (SSSR count). The standard InChI is InChI=1S/C27H29N3O/c1-20(2)17-29(27(31)23-15-13-21(3)14-16-23)19-26-28-24-11-7-8-12-25(24)30(26)18-22-9-5-4-6-10-22/h4-16,20H,17-19H2,1-3H3. The topological polar surface area (TPSA) is 38.1 Å². The molecule has 1 amide bonds. The van der Waals surface area contributed by atoms with Crippen molar-refractivity contribution in [3.8, 4) is 0 Å². The van der Waals surface area contributed by atoms with Crippen LogP contribution in [0.2, 0.25) is 0 Å². The predicted octanol–water partition coefficient (Wildman–Crippen LogP) is 5.69. The SMILES string of the molecule is Cc1ccc(C(=O)N(Cc2nc3ccccc3n2Cc2ccccc2)CC(C)C)cc1. The summed E-state index contributed by atoms with van der Waals surface area (Å²) in [5.41, 5.74) is 5.13. The van der Waals surface area contributed by atoms with Gasteiger partial charge in [-0.15, -0.1) is 0 Å². The fourth-order valence-electron chi connectivity index (χ4n) is 3.90. The van der Waals surface area contributed by atoms with Gasteiger partial charge >= 0.3 is 0 Å². The minimum atomic E-state index is 0.0482. The molecular formula is C27H29N3O. The van der Waals surface area contributed by atoms with Crippen molar-refractivity contribution < 1.29 is 4.79 Å². The molecule has 0 aliphatic heterocycles. The Morgan fingerprint density at radius 3 is 2.32 bits per heavy atom. The van der Waals surface area contributed by atoms with Crippen LogP contribution in [0.5, 0.6) is 0 Å². The molecule has 0 radical (unpaired) electrons. The summed E-state index contributed by atoms with van der Waals surface area (Å²) in [4.78, 5) is 20.2. The summed E-state index contributed by atoms with van der Waals surface area (Å²) in [6.45, 7) is 8.20. The van der Waals surface area contributed by atoms with E-state index in [0.29, 0.717) is 19.0 Å². The average Bonchev–Trinajstić information content (AvgIpc) is 3.11. The van der Waals surface area contributed by atoms with Crippen molar-refractivity contribution in [2.75, 3.05) is 6.54 Å². The van der Waals surface area contributed by atoms with Gasteiger partial charge in [0.15, 0.2) is 0 Å². The number of hydrogen-bond acceptors (Lipinski definition) is 2. The maximum atomic E-state index is 13.4. The molecule has 3 aromatic carbocycles. The van der Waals surface area contributed by atoms with Crippen LogP contribution in [0.3, 0.4) is 0 Å². The van der Waals surface area contributed by atoms with E-state index in [9.17, 15) is 4.79 Å². The summed E-state index contributed by atoms with van der Waals surface area (Å²) in [6.07, 6.45) is 0. The molecule has 4 heteroatoms. The van der Waals surface area contributed by atoms with Gasteiger partial charge in [-0.2, -0.15) is 0 Å². The molecule has 0 bridgehead atoms. The lowest BCUT2D eigenvalue weighted by Gasteiger charge is -2.25. The molecule has 0 atom stereocenters. The maximum absolute atomic E-state index is 13.4. The van der Waals surface area contributed by atoms with Gasteiger partial charge in [0.2, 0.25) is 0 Å². The number of carbonyl (C=O) groups excluding carboxylic acids is 1. The van der Waals surface area contributed by atoms with E-state index in [0.717, 1.165) is 34.5 Å². The van der Waals surface area contributed by atoms with Crippen molar-refractivity contribution in [3.05, 3.63) is 101 Å². The van der Waals surface area contributed by atoms with Crippen LogP contribution in [0.15, 0.2) is 78.9 Å². The Morgan fingerprint density at radius 1 is 0.935 bits per heavy atom. The third kappa shape index (κ3) is 4.85. The number of nitrogens with zero attached hydrogens (tertiary/aromatic N) is 3. The molecule has 0 N–H and O–H groups in total. The highest BCUT2D eigenvalue weighted by molar-refractivity contribution is 5.94. The Hall–Kier alpha value is -3.40. The summed E-state index contributed by atoms with van der Waals surface area (Å²) in [5.74, 6) is 1.32. The monoisotopic (exact) mass is 411 g/mol. The Kier molecular flexibility index (Phi) is 6.17. The Labute approximate surface area is 184 Å². The van der Waals surface area contributed by atoms with E-state index in [1.165, 1.54) is 5.56 Å². The number of benzene rings is 3. The number of aryl methyl sites for hydroxylation is 1. The van der Waals surface area contributed by atoms with Gasteiger partial charge in [0.25, 0.3) is 5.91 Å². The second-order valence-corrected chi connectivity index (χ2v) is 8.53. The van der Waals surface area contributed by atoms with Crippen molar-refractivity contribution in [1.29, 1.82) is 0 Å². The molecule has 0 aliphatic rings. The first-order valence-corrected chi connectivity index (χ1v) is 10.9. The molecule has 0 saturated heterocycles. The molecule has 158 valence electrons. The van der Waals surface area contributed by atoms with E-state index in [4.69, 9.17) is 4.98 Å². The maximum Gasteiger partial charge on any atom is 0.254 e. The molecule has 0 saturated carbocycles. The fourth-order valence-corrected chi connectivity index (χ4v) is 3.90. The zero-order chi connectivity index (χ0) is 21.8. The quantitative estimate of drug-likeness (QED) is 0.392. The Bertz CT molecular complexity index is 1160. The predicted molar refractivity (Wildman–Crippen MR) is 126 cm³/mol. The van der Waals surface area contributed by atoms with Gasteiger partial charge in [-0.3, -0.25) is 4.79 Å². The number of hydrogen-bond donors (Lipinski definition) is 0. The minimum absolute atomic E-state index is 0.0482. The van der Waals surface area contributed by atoms with E-state index in [1.807, 2.05) is 60.4 Å². The number of amides is 1. The smallest absolute Gasteiger partial charge is 0.254 e. The lowest BCUT2D eigenvalue weighted by Crippen LogP contribution is -2.34. The average molecular weight is 412 g/mol. The van der Waals surface area contributed by atoms with Crippen LogP contribution in [-0.4, -0.2) is 26.9 Å². The van der Waals surface area contributed by atoms with Crippen LogP contribution in [-0.2, 0) is 13.1 Å². The minimum Gasteiger partial charge on any atom is -0.331 e.